The smallest absolute Gasteiger partial charge is 0.178 e. The van der Waals surface area contributed by atoms with Crippen LogP contribution in [0.25, 0.3) is 11.0 Å². The summed E-state index contributed by atoms with van der Waals surface area (Å²) in [6.45, 7) is 3.17. The largest absolute Gasteiger partial charge is 0.329 e. The van der Waals surface area contributed by atoms with Crippen LogP contribution in [0.15, 0.2) is 18.2 Å². The maximum Gasteiger partial charge on any atom is 0.178 e. The first-order valence-corrected chi connectivity index (χ1v) is 6.73. The first kappa shape index (κ1) is 13.8. The van der Waals surface area contributed by atoms with E-state index in [1.54, 1.807) is 0 Å². The van der Waals surface area contributed by atoms with Crippen LogP contribution in [-0.4, -0.2) is 35.1 Å². The maximum atomic E-state index is 9.13. The third-order valence-electron chi connectivity index (χ3n) is 3.31. The molecule has 100 valence electrons. The van der Waals surface area contributed by atoms with E-state index in [1.165, 1.54) is 0 Å². The number of para-hydroxylation sites is 1. The lowest BCUT2D eigenvalue weighted by Gasteiger charge is -2.17. The summed E-state index contributed by atoms with van der Waals surface area (Å²) >= 11 is 5.40. The number of imidazole rings is 1. The third kappa shape index (κ3) is 2.70. The van der Waals surface area contributed by atoms with Gasteiger partial charge in [0.25, 0.3) is 0 Å². The van der Waals surface area contributed by atoms with Crippen molar-refractivity contribution >= 4 is 23.3 Å². The zero-order valence-electron chi connectivity index (χ0n) is 11.5. The Balaban J connectivity index is 2.47. The van der Waals surface area contributed by atoms with Gasteiger partial charge in [0, 0.05) is 6.04 Å². The SMILES string of the molecule is CC(CCN(C)C)n1c(=S)[nH]c2c(C#N)cccc21. The number of benzene rings is 1. The molecule has 1 unspecified atom stereocenters. The summed E-state index contributed by atoms with van der Waals surface area (Å²) in [4.78, 5) is 5.32. The van der Waals surface area contributed by atoms with Gasteiger partial charge in [0.05, 0.1) is 16.6 Å². The number of aromatic nitrogens is 2. The van der Waals surface area contributed by atoms with Crippen LogP contribution < -0.4 is 0 Å². The van der Waals surface area contributed by atoms with Crippen molar-refractivity contribution in [2.45, 2.75) is 19.4 Å². The molecule has 1 atom stereocenters. The van der Waals surface area contributed by atoms with Crippen molar-refractivity contribution in [2.75, 3.05) is 20.6 Å². The van der Waals surface area contributed by atoms with Crippen molar-refractivity contribution in [3.8, 4) is 6.07 Å². The van der Waals surface area contributed by atoms with E-state index >= 15 is 0 Å². The number of hydrogen-bond acceptors (Lipinski definition) is 3. The molecular formula is C14H18N4S. The second-order valence-corrected chi connectivity index (χ2v) is 5.44. The van der Waals surface area contributed by atoms with Gasteiger partial charge in [0.2, 0.25) is 0 Å². The average Bonchev–Trinajstić information content (AvgIpc) is 2.71. The highest BCUT2D eigenvalue weighted by molar-refractivity contribution is 7.71. The van der Waals surface area contributed by atoms with Crippen molar-refractivity contribution < 1.29 is 0 Å². The van der Waals surface area contributed by atoms with Gasteiger partial charge < -0.3 is 14.5 Å². The summed E-state index contributed by atoms with van der Waals surface area (Å²) in [6.07, 6.45) is 1.02. The van der Waals surface area contributed by atoms with Crippen LogP contribution in [0.2, 0.25) is 0 Å². The predicted octanol–water partition coefficient (Wildman–Crippen LogP) is 3.08. The zero-order valence-corrected chi connectivity index (χ0v) is 12.3. The summed E-state index contributed by atoms with van der Waals surface area (Å²) in [5.41, 5.74) is 2.49. The summed E-state index contributed by atoms with van der Waals surface area (Å²) in [5, 5.41) is 9.13. The number of rotatable bonds is 4. The van der Waals surface area contributed by atoms with Crippen molar-refractivity contribution in [3.05, 3.63) is 28.5 Å². The molecule has 0 aliphatic heterocycles. The van der Waals surface area contributed by atoms with Crippen LogP contribution in [0.4, 0.5) is 0 Å². The van der Waals surface area contributed by atoms with Crippen molar-refractivity contribution in [3.63, 3.8) is 0 Å². The Morgan fingerprint density at radius 1 is 1.47 bits per heavy atom. The number of nitrogens with zero attached hydrogens (tertiary/aromatic N) is 3. The number of nitrogens with one attached hydrogen (secondary N) is 1. The second kappa shape index (κ2) is 5.55. The molecule has 0 amide bonds. The monoisotopic (exact) mass is 274 g/mol. The normalized spacial score (nSPS) is 12.8. The van der Waals surface area contributed by atoms with Gasteiger partial charge in [0.15, 0.2) is 4.77 Å². The fourth-order valence-electron chi connectivity index (χ4n) is 2.25. The van der Waals surface area contributed by atoms with Crippen molar-refractivity contribution in [2.24, 2.45) is 0 Å². The molecule has 1 aromatic carbocycles. The number of aromatic amines is 1. The van der Waals surface area contributed by atoms with Crippen LogP contribution in [0.3, 0.4) is 0 Å². The van der Waals surface area contributed by atoms with E-state index in [-0.39, 0.29) is 0 Å². The Morgan fingerprint density at radius 3 is 2.84 bits per heavy atom. The molecule has 0 saturated carbocycles. The van der Waals surface area contributed by atoms with E-state index in [2.05, 4.69) is 41.5 Å². The molecule has 0 spiro atoms. The van der Waals surface area contributed by atoms with Crippen LogP contribution in [0, 0.1) is 16.1 Å². The maximum absolute atomic E-state index is 9.13. The van der Waals surface area contributed by atoms with E-state index in [0.717, 1.165) is 24.0 Å². The highest BCUT2D eigenvalue weighted by atomic mass is 32.1. The Hall–Kier alpha value is -1.64. The Kier molecular flexibility index (Phi) is 4.03. The minimum absolute atomic E-state index is 0.303. The Morgan fingerprint density at radius 2 is 2.21 bits per heavy atom. The molecule has 0 bridgehead atoms. The fourth-order valence-corrected chi connectivity index (χ4v) is 2.63. The van der Waals surface area contributed by atoms with Crippen LogP contribution in [-0.2, 0) is 0 Å². The molecule has 1 N–H and O–H groups in total. The Bertz CT molecular complexity index is 675. The quantitative estimate of drug-likeness (QED) is 0.872. The molecule has 19 heavy (non-hydrogen) atoms. The van der Waals surface area contributed by atoms with Gasteiger partial charge in [0.1, 0.15) is 6.07 Å². The lowest BCUT2D eigenvalue weighted by molar-refractivity contribution is 0.359. The van der Waals surface area contributed by atoms with Gasteiger partial charge in [-0.05, 0) is 58.3 Å². The summed E-state index contributed by atoms with van der Waals surface area (Å²) < 4.78 is 2.79. The second-order valence-electron chi connectivity index (χ2n) is 5.05. The molecule has 5 heteroatoms. The molecule has 2 aromatic rings. The fraction of sp³-hybridized carbons (Fsp3) is 0.429. The van der Waals surface area contributed by atoms with Crippen molar-refractivity contribution in [1.82, 2.24) is 14.5 Å². The minimum atomic E-state index is 0.303. The molecule has 0 saturated heterocycles. The summed E-state index contributed by atoms with van der Waals surface area (Å²) in [5.74, 6) is 0. The summed E-state index contributed by atoms with van der Waals surface area (Å²) in [6, 6.07) is 8.22. The van der Waals surface area contributed by atoms with E-state index in [9.17, 15) is 0 Å². The van der Waals surface area contributed by atoms with Gasteiger partial charge in [-0.2, -0.15) is 5.26 Å². The third-order valence-corrected chi connectivity index (χ3v) is 3.61. The van der Waals surface area contributed by atoms with Gasteiger partial charge in [-0.3, -0.25) is 0 Å². The first-order valence-electron chi connectivity index (χ1n) is 6.32. The lowest BCUT2D eigenvalue weighted by atomic mass is 10.2. The summed E-state index contributed by atoms with van der Waals surface area (Å²) in [7, 11) is 4.13. The molecule has 1 aromatic heterocycles. The van der Waals surface area contributed by atoms with E-state index in [1.807, 2.05) is 18.2 Å². The molecule has 1 heterocycles. The molecule has 0 radical (unpaired) electrons. The van der Waals surface area contributed by atoms with Crippen LogP contribution in [0.5, 0.6) is 0 Å². The first-order chi connectivity index (χ1) is 9.04. The lowest BCUT2D eigenvalue weighted by Crippen LogP contribution is -2.17. The molecule has 0 aliphatic carbocycles. The zero-order chi connectivity index (χ0) is 14.0. The standard InChI is InChI=1S/C14H18N4S/c1-10(7-8-17(2)3)18-12-6-4-5-11(9-15)13(12)16-14(18)19/h4-6,10H,7-8H2,1-3H3,(H,16,19). The van der Waals surface area contributed by atoms with Gasteiger partial charge in [-0.1, -0.05) is 6.07 Å². The number of fused-ring (bicyclic) bond motifs is 1. The highest BCUT2D eigenvalue weighted by Crippen LogP contribution is 2.23. The van der Waals surface area contributed by atoms with Gasteiger partial charge >= 0.3 is 0 Å². The topological polar surface area (TPSA) is 47.8 Å². The molecule has 0 fully saturated rings. The van der Waals surface area contributed by atoms with E-state index in [0.29, 0.717) is 16.4 Å². The van der Waals surface area contributed by atoms with Crippen LogP contribution >= 0.6 is 12.2 Å². The minimum Gasteiger partial charge on any atom is -0.329 e. The highest BCUT2D eigenvalue weighted by Gasteiger charge is 2.13. The predicted molar refractivity (Wildman–Crippen MR) is 79.7 cm³/mol. The molecule has 2 rings (SSSR count). The van der Waals surface area contributed by atoms with Gasteiger partial charge in [-0.15, -0.1) is 0 Å². The molecule has 0 aliphatic rings. The van der Waals surface area contributed by atoms with Crippen LogP contribution in [0.1, 0.15) is 24.9 Å². The number of H-pyrrole nitrogens is 1. The van der Waals surface area contributed by atoms with Crippen molar-refractivity contribution in [1.29, 1.82) is 5.26 Å². The average molecular weight is 274 g/mol. The molecular weight excluding hydrogens is 256 g/mol. The van der Waals surface area contributed by atoms with E-state index in [4.69, 9.17) is 17.5 Å². The Labute approximate surface area is 118 Å². The van der Waals surface area contributed by atoms with Gasteiger partial charge in [-0.25, -0.2) is 0 Å². The number of nitriles is 1. The van der Waals surface area contributed by atoms with E-state index < -0.39 is 0 Å². The molecule has 4 nitrogen and oxygen atoms in total. The number of hydrogen-bond donors (Lipinski definition) is 1.